The van der Waals surface area contributed by atoms with E-state index >= 15 is 0 Å². The van der Waals surface area contributed by atoms with Crippen LogP contribution in [0.5, 0.6) is 17.2 Å². The predicted octanol–water partition coefficient (Wildman–Crippen LogP) is 1.47. The molecule has 0 aliphatic carbocycles. The summed E-state index contributed by atoms with van der Waals surface area (Å²) >= 11 is 0. The molecule has 0 saturated carbocycles. The van der Waals surface area contributed by atoms with E-state index in [0.29, 0.717) is 23.8 Å². The van der Waals surface area contributed by atoms with Gasteiger partial charge < -0.3 is 24.8 Å². The lowest BCUT2D eigenvalue weighted by Gasteiger charge is -2.19. The molecule has 0 radical (unpaired) electrons. The van der Waals surface area contributed by atoms with Crippen LogP contribution in [0.4, 0.5) is 0 Å². The number of hydrogen-bond donors (Lipinski definition) is 2. The van der Waals surface area contributed by atoms with Crippen molar-refractivity contribution < 1.29 is 19.0 Å². The molecule has 6 nitrogen and oxygen atoms in total. The Morgan fingerprint density at radius 3 is 2.59 bits per heavy atom. The largest absolute Gasteiger partial charge is 0.493 e. The smallest absolute Gasteiger partial charge is 0.237 e. The molecule has 1 aromatic carbocycles. The lowest BCUT2D eigenvalue weighted by molar-refractivity contribution is -0.122. The fourth-order valence-electron chi connectivity index (χ4n) is 2.67. The Kier molecular flexibility index (Phi) is 5.89. The van der Waals surface area contributed by atoms with E-state index in [0.717, 1.165) is 31.4 Å². The van der Waals surface area contributed by atoms with Gasteiger partial charge in [-0.1, -0.05) is 6.07 Å². The summed E-state index contributed by atoms with van der Waals surface area (Å²) in [6.07, 6.45) is 2.92. The van der Waals surface area contributed by atoms with Crippen LogP contribution in [0.3, 0.4) is 0 Å². The number of rotatable bonds is 6. The average molecular weight is 308 g/mol. The Bertz CT molecular complexity index is 519. The fourth-order valence-corrected chi connectivity index (χ4v) is 2.67. The first-order chi connectivity index (χ1) is 10.7. The van der Waals surface area contributed by atoms with Gasteiger partial charge in [0, 0.05) is 18.7 Å². The monoisotopic (exact) mass is 308 g/mol. The maximum absolute atomic E-state index is 12.0. The second kappa shape index (κ2) is 7.89. The topological polar surface area (TPSA) is 68.8 Å². The highest BCUT2D eigenvalue weighted by Gasteiger charge is 2.21. The summed E-state index contributed by atoms with van der Waals surface area (Å²) in [5.74, 6) is 1.88. The third-order valence-electron chi connectivity index (χ3n) is 3.86. The summed E-state index contributed by atoms with van der Waals surface area (Å²) in [5, 5.41) is 6.23. The zero-order chi connectivity index (χ0) is 15.9. The first-order valence-electron chi connectivity index (χ1n) is 7.50. The van der Waals surface area contributed by atoms with Crippen LogP contribution in [0.25, 0.3) is 0 Å². The number of hydrogen-bond acceptors (Lipinski definition) is 5. The standard InChI is InChI=1S/C16H24N2O4/c1-20-13-8-7-11(14(21-2)15(13)22-3)10-18-12-6-4-5-9-17-16(12)19/h7-8,12,18H,4-6,9-10H2,1-3H3,(H,17,19). The number of carbonyl (C=O) groups is 1. The van der Waals surface area contributed by atoms with E-state index in [2.05, 4.69) is 10.6 Å². The van der Waals surface area contributed by atoms with Gasteiger partial charge in [-0.25, -0.2) is 0 Å². The summed E-state index contributed by atoms with van der Waals surface area (Å²) in [6.45, 7) is 1.29. The van der Waals surface area contributed by atoms with Crippen molar-refractivity contribution in [3.63, 3.8) is 0 Å². The minimum atomic E-state index is -0.166. The van der Waals surface area contributed by atoms with Gasteiger partial charge >= 0.3 is 0 Å². The highest BCUT2D eigenvalue weighted by atomic mass is 16.5. The summed E-state index contributed by atoms with van der Waals surface area (Å²) in [6, 6.07) is 3.59. The molecule has 0 bridgehead atoms. The molecular weight excluding hydrogens is 284 g/mol. The second-order valence-electron chi connectivity index (χ2n) is 5.21. The number of carbonyl (C=O) groups excluding carboxylic acids is 1. The van der Waals surface area contributed by atoms with Gasteiger partial charge in [-0.3, -0.25) is 4.79 Å². The van der Waals surface area contributed by atoms with Crippen molar-refractivity contribution in [3.05, 3.63) is 17.7 Å². The van der Waals surface area contributed by atoms with E-state index in [9.17, 15) is 4.79 Å². The predicted molar refractivity (Wildman–Crippen MR) is 83.6 cm³/mol. The van der Waals surface area contributed by atoms with Crippen LogP contribution >= 0.6 is 0 Å². The molecule has 1 atom stereocenters. The van der Waals surface area contributed by atoms with Crippen molar-refractivity contribution >= 4 is 5.91 Å². The Morgan fingerprint density at radius 1 is 1.14 bits per heavy atom. The third-order valence-corrected chi connectivity index (χ3v) is 3.86. The molecule has 2 N–H and O–H groups in total. The quantitative estimate of drug-likeness (QED) is 0.833. The first-order valence-corrected chi connectivity index (χ1v) is 7.50. The van der Waals surface area contributed by atoms with Crippen LogP contribution in [0.2, 0.25) is 0 Å². The van der Waals surface area contributed by atoms with Crippen LogP contribution in [0.15, 0.2) is 12.1 Å². The molecule has 1 aliphatic rings. The van der Waals surface area contributed by atoms with Gasteiger partial charge in [0.25, 0.3) is 0 Å². The minimum absolute atomic E-state index is 0.0666. The zero-order valence-electron chi connectivity index (χ0n) is 13.4. The number of ether oxygens (including phenoxy) is 3. The van der Waals surface area contributed by atoms with Gasteiger partial charge in [0.15, 0.2) is 11.5 Å². The average Bonchev–Trinajstić information content (AvgIpc) is 2.76. The Labute approximate surface area is 131 Å². The summed E-state index contributed by atoms with van der Waals surface area (Å²) in [4.78, 5) is 12.0. The van der Waals surface area contributed by atoms with Gasteiger partial charge in [-0.2, -0.15) is 0 Å². The molecule has 1 fully saturated rings. The van der Waals surface area contributed by atoms with Crippen molar-refractivity contribution in [1.29, 1.82) is 0 Å². The molecule has 6 heteroatoms. The molecule has 2 rings (SSSR count). The highest BCUT2D eigenvalue weighted by molar-refractivity contribution is 5.81. The molecule has 0 aromatic heterocycles. The van der Waals surface area contributed by atoms with Gasteiger partial charge in [0.1, 0.15) is 0 Å². The zero-order valence-corrected chi connectivity index (χ0v) is 13.4. The third kappa shape index (κ3) is 3.62. The number of benzene rings is 1. The van der Waals surface area contributed by atoms with E-state index in [4.69, 9.17) is 14.2 Å². The van der Waals surface area contributed by atoms with Gasteiger partial charge in [-0.15, -0.1) is 0 Å². The maximum atomic E-state index is 12.0. The molecule has 1 saturated heterocycles. The summed E-state index contributed by atoms with van der Waals surface area (Å²) < 4.78 is 16.1. The first kappa shape index (κ1) is 16.4. The van der Waals surface area contributed by atoms with E-state index in [1.165, 1.54) is 0 Å². The summed E-state index contributed by atoms with van der Waals surface area (Å²) in [5.41, 5.74) is 0.928. The van der Waals surface area contributed by atoms with E-state index in [-0.39, 0.29) is 11.9 Å². The van der Waals surface area contributed by atoms with E-state index in [1.807, 2.05) is 12.1 Å². The lowest BCUT2D eigenvalue weighted by Crippen LogP contribution is -2.42. The summed E-state index contributed by atoms with van der Waals surface area (Å²) in [7, 11) is 4.76. The minimum Gasteiger partial charge on any atom is -0.493 e. The van der Waals surface area contributed by atoms with E-state index < -0.39 is 0 Å². The molecule has 22 heavy (non-hydrogen) atoms. The van der Waals surface area contributed by atoms with Crippen LogP contribution < -0.4 is 24.8 Å². The number of amides is 1. The van der Waals surface area contributed by atoms with Crippen LogP contribution in [-0.2, 0) is 11.3 Å². The number of nitrogens with one attached hydrogen (secondary N) is 2. The van der Waals surface area contributed by atoms with Crippen molar-refractivity contribution in [2.45, 2.75) is 31.8 Å². The van der Waals surface area contributed by atoms with Gasteiger partial charge in [-0.05, 0) is 25.3 Å². The molecule has 1 aliphatic heterocycles. The normalized spacial score (nSPS) is 18.3. The van der Waals surface area contributed by atoms with Crippen LogP contribution in [0, 0.1) is 0 Å². The Hall–Kier alpha value is -1.95. The molecule has 1 amide bonds. The molecular formula is C16H24N2O4. The van der Waals surface area contributed by atoms with Crippen molar-refractivity contribution in [3.8, 4) is 17.2 Å². The second-order valence-corrected chi connectivity index (χ2v) is 5.21. The van der Waals surface area contributed by atoms with Crippen LogP contribution in [0.1, 0.15) is 24.8 Å². The maximum Gasteiger partial charge on any atom is 0.237 e. The SMILES string of the molecule is COc1ccc(CNC2CCCCNC2=O)c(OC)c1OC. The molecule has 1 aromatic rings. The molecule has 1 unspecified atom stereocenters. The van der Waals surface area contributed by atoms with Crippen LogP contribution in [-0.4, -0.2) is 39.8 Å². The van der Waals surface area contributed by atoms with Gasteiger partial charge in [0.2, 0.25) is 11.7 Å². The molecule has 1 heterocycles. The molecule has 122 valence electrons. The van der Waals surface area contributed by atoms with E-state index in [1.54, 1.807) is 21.3 Å². The van der Waals surface area contributed by atoms with Crippen molar-refractivity contribution in [1.82, 2.24) is 10.6 Å². The highest BCUT2D eigenvalue weighted by Crippen LogP contribution is 2.39. The van der Waals surface area contributed by atoms with Crippen molar-refractivity contribution in [2.75, 3.05) is 27.9 Å². The lowest BCUT2D eigenvalue weighted by atomic mass is 10.1. The number of methoxy groups -OCH3 is 3. The van der Waals surface area contributed by atoms with Crippen molar-refractivity contribution in [2.24, 2.45) is 0 Å². The Morgan fingerprint density at radius 2 is 1.91 bits per heavy atom. The Balaban J connectivity index is 2.13. The van der Waals surface area contributed by atoms with Gasteiger partial charge in [0.05, 0.1) is 27.4 Å². The molecule has 0 spiro atoms. The fraction of sp³-hybridized carbons (Fsp3) is 0.562.